The van der Waals surface area contributed by atoms with Gasteiger partial charge in [0.25, 0.3) is 0 Å². The quantitative estimate of drug-likeness (QED) is 0.769. The fourth-order valence-corrected chi connectivity index (χ4v) is 3.99. The van der Waals surface area contributed by atoms with Crippen molar-refractivity contribution in [2.24, 2.45) is 17.8 Å². The highest BCUT2D eigenvalue weighted by Gasteiger charge is 2.41. The molecule has 0 spiro atoms. The van der Waals surface area contributed by atoms with Gasteiger partial charge in [-0.25, -0.2) is 0 Å². The lowest BCUT2D eigenvalue weighted by molar-refractivity contribution is -0.121. The van der Waals surface area contributed by atoms with Crippen molar-refractivity contribution in [3.63, 3.8) is 0 Å². The van der Waals surface area contributed by atoms with E-state index in [0.717, 1.165) is 36.6 Å². The molecule has 18 heavy (non-hydrogen) atoms. The maximum Gasteiger partial charge on any atom is 0.221 e. The van der Waals surface area contributed by atoms with Crippen LogP contribution in [0, 0.1) is 17.8 Å². The second kappa shape index (κ2) is 5.83. The van der Waals surface area contributed by atoms with Gasteiger partial charge >= 0.3 is 0 Å². The molecule has 1 saturated heterocycles. The summed E-state index contributed by atoms with van der Waals surface area (Å²) in [5, 5.41) is 6.61. The van der Waals surface area contributed by atoms with Crippen LogP contribution in [0.1, 0.15) is 32.1 Å². The van der Waals surface area contributed by atoms with Crippen molar-refractivity contribution in [2.45, 2.75) is 38.1 Å². The van der Waals surface area contributed by atoms with Crippen LogP contribution in [0.15, 0.2) is 0 Å². The van der Waals surface area contributed by atoms with Gasteiger partial charge in [-0.05, 0) is 43.4 Å². The van der Waals surface area contributed by atoms with Gasteiger partial charge in [-0.1, -0.05) is 0 Å². The Morgan fingerprint density at radius 2 is 2.00 bits per heavy atom. The van der Waals surface area contributed by atoms with Gasteiger partial charge in [-0.2, -0.15) is 11.8 Å². The van der Waals surface area contributed by atoms with Crippen molar-refractivity contribution in [1.82, 2.24) is 10.6 Å². The Labute approximate surface area is 114 Å². The molecule has 0 aromatic carbocycles. The van der Waals surface area contributed by atoms with Crippen molar-refractivity contribution < 1.29 is 4.79 Å². The molecular weight excluding hydrogens is 244 g/mol. The van der Waals surface area contributed by atoms with Gasteiger partial charge in [0.15, 0.2) is 0 Å². The number of thioether (sulfide) groups is 1. The highest BCUT2D eigenvalue weighted by atomic mass is 32.2. The summed E-state index contributed by atoms with van der Waals surface area (Å²) in [6.07, 6.45) is 6.26. The van der Waals surface area contributed by atoms with E-state index in [-0.39, 0.29) is 5.91 Å². The highest BCUT2D eigenvalue weighted by molar-refractivity contribution is 7.99. The second-order valence-corrected chi connectivity index (χ2v) is 7.22. The minimum Gasteiger partial charge on any atom is -0.356 e. The summed E-state index contributed by atoms with van der Waals surface area (Å²) >= 11 is 1.96. The van der Waals surface area contributed by atoms with E-state index in [9.17, 15) is 4.79 Å². The first kappa shape index (κ1) is 12.8. The molecule has 1 amide bonds. The van der Waals surface area contributed by atoms with E-state index in [1.165, 1.54) is 31.4 Å². The second-order valence-electron chi connectivity index (χ2n) is 6.07. The average Bonchev–Trinajstić information content (AvgIpc) is 3.25. The van der Waals surface area contributed by atoms with Crippen LogP contribution in [-0.4, -0.2) is 36.5 Å². The molecule has 102 valence electrons. The van der Waals surface area contributed by atoms with Crippen molar-refractivity contribution in [2.75, 3.05) is 24.6 Å². The van der Waals surface area contributed by atoms with Crippen LogP contribution in [0.2, 0.25) is 0 Å². The molecule has 2 aliphatic carbocycles. The predicted molar refractivity (Wildman–Crippen MR) is 75.7 cm³/mol. The van der Waals surface area contributed by atoms with E-state index in [0.29, 0.717) is 12.5 Å². The molecule has 0 bridgehead atoms. The third-order valence-electron chi connectivity index (χ3n) is 4.42. The normalized spacial score (nSPS) is 28.4. The monoisotopic (exact) mass is 268 g/mol. The molecule has 3 fully saturated rings. The van der Waals surface area contributed by atoms with Crippen molar-refractivity contribution in [3.05, 3.63) is 0 Å². The maximum absolute atomic E-state index is 11.9. The van der Waals surface area contributed by atoms with Crippen LogP contribution in [0.5, 0.6) is 0 Å². The first-order valence-corrected chi connectivity index (χ1v) is 8.56. The molecular formula is C14H24N2OS. The predicted octanol–water partition coefficient (Wildman–Crippen LogP) is 1.63. The molecule has 1 heterocycles. The van der Waals surface area contributed by atoms with Crippen LogP contribution in [0.4, 0.5) is 0 Å². The minimum absolute atomic E-state index is 0.251. The largest absolute Gasteiger partial charge is 0.356 e. The van der Waals surface area contributed by atoms with E-state index < -0.39 is 0 Å². The lowest BCUT2D eigenvalue weighted by Gasteiger charge is -2.23. The fraction of sp³-hybridized carbons (Fsp3) is 0.929. The number of amides is 1. The Morgan fingerprint density at radius 3 is 2.56 bits per heavy atom. The molecule has 0 aromatic heterocycles. The first-order valence-electron chi connectivity index (χ1n) is 7.41. The number of nitrogens with one attached hydrogen (secondary N) is 2. The first-order chi connectivity index (χ1) is 8.83. The fourth-order valence-electron chi connectivity index (χ4n) is 3.05. The summed E-state index contributed by atoms with van der Waals surface area (Å²) in [4.78, 5) is 11.9. The molecule has 2 N–H and O–H groups in total. The SMILES string of the molecule is O=C(CC1CSCCN1)NCC(C1CC1)C1CC1. The average molecular weight is 268 g/mol. The lowest BCUT2D eigenvalue weighted by atomic mass is 9.98. The number of carbonyl (C=O) groups excluding carboxylic acids is 1. The summed E-state index contributed by atoms with van der Waals surface area (Å²) in [5.41, 5.74) is 0. The Balaban J connectivity index is 1.37. The van der Waals surface area contributed by atoms with Gasteiger partial charge in [-0.3, -0.25) is 4.79 Å². The Bertz CT molecular complexity index is 284. The molecule has 4 heteroatoms. The Hall–Kier alpha value is -0.220. The van der Waals surface area contributed by atoms with Gasteiger partial charge < -0.3 is 10.6 Å². The van der Waals surface area contributed by atoms with Crippen molar-refractivity contribution >= 4 is 17.7 Å². The van der Waals surface area contributed by atoms with E-state index in [1.807, 2.05) is 11.8 Å². The summed E-state index contributed by atoms with van der Waals surface area (Å²) < 4.78 is 0. The Kier molecular flexibility index (Phi) is 4.14. The number of carbonyl (C=O) groups is 1. The van der Waals surface area contributed by atoms with Crippen LogP contribution < -0.4 is 10.6 Å². The summed E-state index contributed by atoms with van der Waals surface area (Å²) in [7, 11) is 0. The molecule has 3 rings (SSSR count). The maximum atomic E-state index is 11.9. The highest BCUT2D eigenvalue weighted by Crippen LogP contribution is 2.48. The van der Waals surface area contributed by atoms with E-state index >= 15 is 0 Å². The molecule has 3 aliphatic rings. The molecule has 1 aliphatic heterocycles. The standard InChI is InChI=1S/C14H24N2OS/c17-14(7-12-9-18-6-5-15-12)16-8-13(10-1-2-10)11-3-4-11/h10-13,15H,1-9H2,(H,16,17). The van der Waals surface area contributed by atoms with Crippen LogP contribution >= 0.6 is 11.8 Å². The summed E-state index contributed by atoms with van der Waals surface area (Å²) in [6, 6.07) is 0.393. The van der Waals surface area contributed by atoms with Crippen molar-refractivity contribution in [3.8, 4) is 0 Å². The zero-order valence-corrected chi connectivity index (χ0v) is 11.8. The number of rotatable bonds is 6. The van der Waals surface area contributed by atoms with E-state index in [4.69, 9.17) is 0 Å². The summed E-state index contributed by atoms with van der Waals surface area (Å²) in [6.45, 7) is 1.99. The van der Waals surface area contributed by atoms with Gasteiger partial charge in [0, 0.05) is 37.1 Å². The lowest BCUT2D eigenvalue weighted by Crippen LogP contribution is -2.42. The third kappa shape index (κ3) is 3.64. The van der Waals surface area contributed by atoms with Crippen LogP contribution in [-0.2, 0) is 4.79 Å². The molecule has 1 unspecified atom stereocenters. The van der Waals surface area contributed by atoms with Crippen LogP contribution in [0.25, 0.3) is 0 Å². The zero-order chi connectivity index (χ0) is 12.4. The topological polar surface area (TPSA) is 41.1 Å². The minimum atomic E-state index is 0.251. The third-order valence-corrected chi connectivity index (χ3v) is 5.55. The molecule has 0 aromatic rings. The molecule has 2 saturated carbocycles. The summed E-state index contributed by atoms with van der Waals surface area (Å²) in [5.74, 6) is 5.18. The van der Waals surface area contributed by atoms with Gasteiger partial charge in [0.2, 0.25) is 5.91 Å². The Morgan fingerprint density at radius 1 is 1.28 bits per heavy atom. The van der Waals surface area contributed by atoms with Gasteiger partial charge in [-0.15, -0.1) is 0 Å². The van der Waals surface area contributed by atoms with Gasteiger partial charge in [0.1, 0.15) is 0 Å². The molecule has 0 radical (unpaired) electrons. The number of hydrogen-bond acceptors (Lipinski definition) is 3. The number of hydrogen-bond donors (Lipinski definition) is 2. The smallest absolute Gasteiger partial charge is 0.221 e. The molecule has 3 nitrogen and oxygen atoms in total. The van der Waals surface area contributed by atoms with E-state index in [2.05, 4.69) is 10.6 Å². The zero-order valence-electron chi connectivity index (χ0n) is 11.0. The molecule has 1 atom stereocenters. The van der Waals surface area contributed by atoms with Crippen LogP contribution in [0.3, 0.4) is 0 Å². The van der Waals surface area contributed by atoms with Gasteiger partial charge in [0.05, 0.1) is 0 Å². The van der Waals surface area contributed by atoms with E-state index in [1.54, 1.807) is 0 Å². The van der Waals surface area contributed by atoms with Crippen molar-refractivity contribution in [1.29, 1.82) is 0 Å².